The molecule has 0 amide bonds. The zero-order chi connectivity index (χ0) is 17.4. The highest BCUT2D eigenvalue weighted by atomic mass is 32.1. The van der Waals surface area contributed by atoms with Gasteiger partial charge in [-0.25, -0.2) is 14.2 Å². The highest BCUT2D eigenvalue weighted by Gasteiger charge is 2.24. The Morgan fingerprint density at radius 3 is 3.12 bits per heavy atom. The molecule has 0 aliphatic carbocycles. The van der Waals surface area contributed by atoms with Crippen molar-refractivity contribution in [3.8, 4) is 0 Å². The molecule has 25 heavy (non-hydrogen) atoms. The van der Waals surface area contributed by atoms with Crippen LogP contribution in [0.2, 0.25) is 0 Å². The average Bonchev–Trinajstić information content (AvgIpc) is 3.24. The molecule has 2 aliphatic heterocycles. The minimum Gasteiger partial charge on any atom is -0.478 e. The van der Waals surface area contributed by atoms with Gasteiger partial charge in [-0.05, 0) is 42.5 Å². The number of carboxylic acids is 1. The Labute approximate surface area is 149 Å². The van der Waals surface area contributed by atoms with Gasteiger partial charge in [0, 0.05) is 37.3 Å². The van der Waals surface area contributed by atoms with E-state index in [1.165, 1.54) is 6.07 Å². The Bertz CT molecular complexity index is 802. The molecule has 1 fully saturated rings. The van der Waals surface area contributed by atoms with Crippen LogP contribution in [0.15, 0.2) is 18.3 Å². The van der Waals surface area contributed by atoms with Crippen LogP contribution in [-0.4, -0.2) is 34.1 Å². The van der Waals surface area contributed by atoms with Crippen LogP contribution in [0.25, 0.3) is 0 Å². The maximum Gasteiger partial charge on any atom is 0.336 e. The average molecular weight is 362 g/mol. The topological polar surface area (TPSA) is 62.7 Å². The predicted octanol–water partition coefficient (Wildman–Crippen LogP) is 3.39. The number of ether oxygens (including phenoxy) is 1. The summed E-state index contributed by atoms with van der Waals surface area (Å²) in [6.45, 7) is 2.86. The fraction of sp³-hybridized carbons (Fsp3) is 0.444. The molecule has 1 aromatic carbocycles. The normalized spacial score (nSPS) is 20.6. The lowest BCUT2D eigenvalue weighted by Gasteiger charge is -2.29. The summed E-state index contributed by atoms with van der Waals surface area (Å²) in [6.07, 6.45) is 4.76. The second kappa shape index (κ2) is 6.82. The van der Waals surface area contributed by atoms with E-state index in [4.69, 9.17) is 4.74 Å². The first-order valence-electron chi connectivity index (χ1n) is 8.43. The molecule has 5 nitrogen and oxygen atoms in total. The molecule has 2 aromatic rings. The first-order valence-corrected chi connectivity index (χ1v) is 9.25. The third-order valence-electron chi connectivity index (χ3n) is 4.77. The maximum absolute atomic E-state index is 13.7. The van der Waals surface area contributed by atoms with Gasteiger partial charge in [-0.15, -0.1) is 11.3 Å². The smallest absolute Gasteiger partial charge is 0.336 e. The largest absolute Gasteiger partial charge is 0.478 e. The number of rotatable bonds is 4. The summed E-state index contributed by atoms with van der Waals surface area (Å²) >= 11 is 1.67. The van der Waals surface area contributed by atoms with Gasteiger partial charge in [0.05, 0.1) is 5.56 Å². The van der Waals surface area contributed by atoms with Crippen molar-refractivity contribution in [3.05, 3.63) is 50.7 Å². The molecule has 1 atom stereocenters. The van der Waals surface area contributed by atoms with E-state index in [0.29, 0.717) is 13.0 Å². The second-order valence-corrected chi connectivity index (χ2v) is 7.67. The van der Waals surface area contributed by atoms with Crippen molar-refractivity contribution in [3.63, 3.8) is 0 Å². The molecule has 3 heterocycles. The van der Waals surface area contributed by atoms with Crippen molar-refractivity contribution in [1.29, 1.82) is 0 Å². The van der Waals surface area contributed by atoms with Crippen LogP contribution in [0.1, 0.15) is 50.3 Å². The number of benzene rings is 1. The number of fused-ring (bicyclic) bond motifs is 1. The van der Waals surface area contributed by atoms with Gasteiger partial charge in [-0.2, -0.15) is 0 Å². The highest BCUT2D eigenvalue weighted by molar-refractivity contribution is 7.11. The molecular weight excluding hydrogens is 343 g/mol. The predicted molar refractivity (Wildman–Crippen MR) is 91.2 cm³/mol. The Balaban J connectivity index is 1.48. The van der Waals surface area contributed by atoms with Crippen LogP contribution in [0.3, 0.4) is 0 Å². The number of aromatic nitrogens is 1. The SMILES string of the molecule is O=C(O)c1cc(F)cc2c1CCN(Cc1cnc(C3CCCO3)s1)C2. The molecule has 2 aliphatic rings. The molecule has 1 aromatic heterocycles. The molecular formula is C18H19FN2O3S. The fourth-order valence-electron chi connectivity index (χ4n) is 3.58. The van der Waals surface area contributed by atoms with E-state index in [1.807, 2.05) is 6.20 Å². The maximum atomic E-state index is 13.7. The third-order valence-corrected chi connectivity index (χ3v) is 5.84. The summed E-state index contributed by atoms with van der Waals surface area (Å²) in [5, 5.41) is 10.3. The van der Waals surface area contributed by atoms with E-state index < -0.39 is 11.8 Å². The van der Waals surface area contributed by atoms with Crippen molar-refractivity contribution < 1.29 is 19.0 Å². The van der Waals surface area contributed by atoms with E-state index in [0.717, 1.165) is 59.6 Å². The van der Waals surface area contributed by atoms with E-state index in [1.54, 1.807) is 11.3 Å². The summed E-state index contributed by atoms with van der Waals surface area (Å²) in [5.74, 6) is -1.55. The second-order valence-electron chi connectivity index (χ2n) is 6.52. The zero-order valence-corrected chi connectivity index (χ0v) is 14.5. The van der Waals surface area contributed by atoms with Gasteiger partial charge in [-0.1, -0.05) is 0 Å². The Kier molecular flexibility index (Phi) is 4.54. The van der Waals surface area contributed by atoms with Gasteiger partial charge in [0.1, 0.15) is 16.9 Å². The quantitative estimate of drug-likeness (QED) is 0.903. The molecule has 132 valence electrons. The molecule has 0 spiro atoms. The lowest BCUT2D eigenvalue weighted by molar-refractivity contribution is 0.0694. The van der Waals surface area contributed by atoms with Crippen molar-refractivity contribution >= 4 is 17.3 Å². The Morgan fingerprint density at radius 2 is 2.36 bits per heavy atom. The number of carboxylic acid groups (broad SMARTS) is 1. The molecule has 4 rings (SSSR count). The minimum absolute atomic E-state index is 0.0908. The van der Waals surface area contributed by atoms with Crippen molar-refractivity contribution in [2.24, 2.45) is 0 Å². The van der Waals surface area contributed by atoms with Crippen molar-refractivity contribution in [2.75, 3.05) is 13.2 Å². The van der Waals surface area contributed by atoms with Crippen LogP contribution >= 0.6 is 11.3 Å². The summed E-state index contributed by atoms with van der Waals surface area (Å²) in [7, 11) is 0. The standard InChI is InChI=1S/C18H19FN2O3S/c19-12-6-11-9-21(4-3-14(11)15(7-12)18(22)23)10-13-8-20-17(25-13)16-2-1-5-24-16/h6-8,16H,1-5,9-10H2,(H,22,23). The van der Waals surface area contributed by atoms with E-state index in [9.17, 15) is 14.3 Å². The number of hydrogen-bond acceptors (Lipinski definition) is 5. The van der Waals surface area contributed by atoms with Crippen LogP contribution < -0.4 is 0 Å². The molecule has 0 radical (unpaired) electrons. The number of nitrogens with zero attached hydrogens (tertiary/aromatic N) is 2. The van der Waals surface area contributed by atoms with Gasteiger partial charge in [-0.3, -0.25) is 4.90 Å². The molecule has 1 unspecified atom stereocenters. The monoisotopic (exact) mass is 362 g/mol. The number of thiazole rings is 1. The van der Waals surface area contributed by atoms with E-state index >= 15 is 0 Å². The molecule has 0 saturated carbocycles. The molecule has 7 heteroatoms. The summed E-state index contributed by atoms with van der Waals surface area (Å²) in [5.41, 5.74) is 1.62. The van der Waals surface area contributed by atoms with Crippen LogP contribution in [-0.2, 0) is 24.2 Å². The number of hydrogen-bond donors (Lipinski definition) is 1. The van der Waals surface area contributed by atoms with E-state index in [2.05, 4.69) is 9.88 Å². The fourth-order valence-corrected chi connectivity index (χ4v) is 4.63. The Hall–Kier alpha value is -1.83. The van der Waals surface area contributed by atoms with Crippen LogP contribution in [0.4, 0.5) is 4.39 Å². The van der Waals surface area contributed by atoms with E-state index in [-0.39, 0.29) is 11.7 Å². The summed E-state index contributed by atoms with van der Waals surface area (Å²) in [4.78, 5) is 19.2. The number of halogens is 1. The molecule has 0 bridgehead atoms. The van der Waals surface area contributed by atoms with Crippen molar-refractivity contribution in [1.82, 2.24) is 9.88 Å². The van der Waals surface area contributed by atoms with Crippen molar-refractivity contribution in [2.45, 2.75) is 38.5 Å². The first-order chi connectivity index (χ1) is 12.1. The zero-order valence-electron chi connectivity index (χ0n) is 13.7. The Morgan fingerprint density at radius 1 is 1.48 bits per heavy atom. The van der Waals surface area contributed by atoms with Crippen LogP contribution in [0.5, 0.6) is 0 Å². The number of carbonyl (C=O) groups is 1. The van der Waals surface area contributed by atoms with Gasteiger partial charge in [0.15, 0.2) is 0 Å². The highest BCUT2D eigenvalue weighted by Crippen LogP contribution is 2.32. The number of aromatic carboxylic acids is 1. The van der Waals surface area contributed by atoms with Gasteiger partial charge in [0.25, 0.3) is 0 Å². The first kappa shape index (κ1) is 16.6. The van der Waals surface area contributed by atoms with Gasteiger partial charge < -0.3 is 9.84 Å². The summed E-state index contributed by atoms with van der Waals surface area (Å²) in [6, 6.07) is 2.58. The lowest BCUT2D eigenvalue weighted by atomic mass is 9.94. The van der Waals surface area contributed by atoms with Gasteiger partial charge >= 0.3 is 5.97 Å². The van der Waals surface area contributed by atoms with Gasteiger partial charge in [0.2, 0.25) is 0 Å². The minimum atomic E-state index is -1.06. The molecule has 1 saturated heterocycles. The lowest BCUT2D eigenvalue weighted by Crippen LogP contribution is -2.31. The summed E-state index contributed by atoms with van der Waals surface area (Å²) < 4.78 is 19.4. The molecule has 1 N–H and O–H groups in total. The third kappa shape index (κ3) is 3.44. The van der Waals surface area contributed by atoms with Crippen LogP contribution in [0, 0.1) is 5.82 Å².